The van der Waals surface area contributed by atoms with E-state index in [-0.39, 0.29) is 11.4 Å². The third-order valence-electron chi connectivity index (χ3n) is 3.71. The monoisotopic (exact) mass is 327 g/mol. The van der Waals surface area contributed by atoms with Gasteiger partial charge in [-0.2, -0.15) is 11.8 Å². The van der Waals surface area contributed by atoms with Crippen LogP contribution < -0.4 is 5.73 Å². The summed E-state index contributed by atoms with van der Waals surface area (Å²) in [4.78, 5) is 22.4. The zero-order valence-electron chi connectivity index (χ0n) is 11.9. The number of carbonyl (C=O) groups excluding carboxylic acids is 2. The summed E-state index contributed by atoms with van der Waals surface area (Å²) >= 11 is 7.90. The van der Waals surface area contributed by atoms with Crippen molar-refractivity contribution in [1.82, 2.24) is 0 Å². The van der Waals surface area contributed by atoms with Crippen LogP contribution in [0.25, 0.3) is 0 Å². The quantitative estimate of drug-likeness (QED) is 0.781. The zero-order chi connectivity index (χ0) is 15.5. The van der Waals surface area contributed by atoms with Crippen LogP contribution in [-0.4, -0.2) is 24.7 Å². The first kappa shape index (κ1) is 16.2. The summed E-state index contributed by atoms with van der Waals surface area (Å²) in [5.41, 5.74) is 6.71. The van der Waals surface area contributed by atoms with E-state index >= 15 is 0 Å². The van der Waals surface area contributed by atoms with Gasteiger partial charge in [-0.1, -0.05) is 17.7 Å². The van der Waals surface area contributed by atoms with Gasteiger partial charge in [0.15, 0.2) is 0 Å². The summed E-state index contributed by atoms with van der Waals surface area (Å²) in [7, 11) is 1.42. The van der Waals surface area contributed by atoms with E-state index in [1.807, 2.05) is 6.07 Å². The van der Waals surface area contributed by atoms with Gasteiger partial charge >= 0.3 is 5.97 Å². The highest BCUT2D eigenvalue weighted by Crippen LogP contribution is 2.51. The Morgan fingerprint density at radius 3 is 2.67 bits per heavy atom. The first-order chi connectivity index (χ1) is 9.96. The van der Waals surface area contributed by atoms with Crippen molar-refractivity contribution in [2.75, 3.05) is 12.9 Å². The van der Waals surface area contributed by atoms with Gasteiger partial charge in [0.1, 0.15) is 0 Å². The topological polar surface area (TPSA) is 69.4 Å². The van der Waals surface area contributed by atoms with Gasteiger partial charge in [0.25, 0.3) is 0 Å². The summed E-state index contributed by atoms with van der Waals surface area (Å²) < 4.78 is 4.73. The average Bonchev–Trinajstić information content (AvgIpc) is 3.20. The number of amides is 1. The minimum absolute atomic E-state index is 0.109. The number of thioether (sulfide) groups is 1. The van der Waals surface area contributed by atoms with Crippen molar-refractivity contribution in [2.45, 2.75) is 25.0 Å². The number of hydrogen-bond acceptors (Lipinski definition) is 4. The van der Waals surface area contributed by atoms with Gasteiger partial charge in [-0.15, -0.1) is 0 Å². The summed E-state index contributed by atoms with van der Waals surface area (Å²) in [5, 5.41) is 0.552. The van der Waals surface area contributed by atoms with Crippen LogP contribution in [0.3, 0.4) is 0 Å². The third-order valence-corrected chi connectivity index (χ3v) is 5.39. The second kappa shape index (κ2) is 6.71. The smallest absolute Gasteiger partial charge is 0.306 e. The molecule has 2 N–H and O–H groups in total. The molecular formula is C15H18ClNO3S. The lowest BCUT2D eigenvalue weighted by Gasteiger charge is -2.13. The number of nitrogens with two attached hydrogens (primary N) is 1. The Morgan fingerprint density at radius 2 is 2.14 bits per heavy atom. The number of primary amides is 1. The van der Waals surface area contributed by atoms with E-state index in [2.05, 4.69) is 0 Å². The maximum atomic E-state index is 11.4. The number of carbonyl (C=O) groups is 2. The lowest BCUT2D eigenvalue weighted by Crippen LogP contribution is -2.13. The molecule has 1 aliphatic rings. The first-order valence-electron chi connectivity index (χ1n) is 6.68. The number of esters is 1. The zero-order valence-corrected chi connectivity index (χ0v) is 13.4. The summed E-state index contributed by atoms with van der Waals surface area (Å²) in [6.45, 7) is 0. The molecule has 0 unspecified atom stereocenters. The molecule has 0 spiro atoms. The maximum absolute atomic E-state index is 11.4. The van der Waals surface area contributed by atoms with Gasteiger partial charge in [-0.05, 0) is 41.7 Å². The number of methoxy groups -OCH3 is 1. The van der Waals surface area contributed by atoms with Gasteiger partial charge in [0.2, 0.25) is 5.91 Å². The van der Waals surface area contributed by atoms with E-state index in [4.69, 9.17) is 22.1 Å². The highest BCUT2D eigenvalue weighted by molar-refractivity contribution is 7.98. The second-order valence-electron chi connectivity index (χ2n) is 5.42. The normalized spacial score (nSPS) is 15.5. The molecule has 4 nitrogen and oxygen atoms in total. The van der Waals surface area contributed by atoms with E-state index in [1.54, 1.807) is 23.9 Å². The van der Waals surface area contributed by atoms with Crippen LogP contribution in [0.2, 0.25) is 5.02 Å². The van der Waals surface area contributed by atoms with Crippen molar-refractivity contribution in [3.8, 4) is 0 Å². The fraction of sp³-hybridized carbons (Fsp3) is 0.467. The third kappa shape index (κ3) is 4.38. The highest BCUT2D eigenvalue weighted by Gasteiger charge is 2.44. The molecule has 0 atom stereocenters. The largest absolute Gasteiger partial charge is 0.469 e. The Labute approximate surface area is 133 Å². The van der Waals surface area contributed by atoms with Crippen molar-refractivity contribution < 1.29 is 14.3 Å². The molecule has 0 saturated heterocycles. The average molecular weight is 328 g/mol. The molecule has 1 fully saturated rings. The van der Waals surface area contributed by atoms with Crippen LogP contribution in [0.15, 0.2) is 18.2 Å². The molecule has 1 aliphatic carbocycles. The maximum Gasteiger partial charge on any atom is 0.306 e. The Bertz CT molecular complexity index is 558. The second-order valence-corrected chi connectivity index (χ2v) is 6.81. The summed E-state index contributed by atoms with van der Waals surface area (Å²) in [5.74, 6) is 1.04. The van der Waals surface area contributed by atoms with Gasteiger partial charge in [0, 0.05) is 16.3 Å². The van der Waals surface area contributed by atoms with E-state index in [0.717, 1.165) is 29.9 Å². The molecule has 0 heterocycles. The number of benzene rings is 1. The SMILES string of the molecule is COC(=O)CC1(CSCc2ccc(C(N)=O)cc2Cl)CC1. The van der Waals surface area contributed by atoms with Crippen molar-refractivity contribution >= 4 is 35.2 Å². The molecular weight excluding hydrogens is 310 g/mol. The molecule has 0 radical (unpaired) electrons. The van der Waals surface area contributed by atoms with Crippen LogP contribution in [0.5, 0.6) is 0 Å². The molecule has 0 bridgehead atoms. The van der Waals surface area contributed by atoms with Crippen molar-refractivity contribution in [3.05, 3.63) is 34.3 Å². The molecule has 114 valence electrons. The van der Waals surface area contributed by atoms with Gasteiger partial charge in [0.05, 0.1) is 13.5 Å². The minimum atomic E-state index is -0.480. The fourth-order valence-electron chi connectivity index (χ4n) is 2.12. The molecule has 21 heavy (non-hydrogen) atoms. The minimum Gasteiger partial charge on any atom is -0.469 e. The van der Waals surface area contributed by atoms with Crippen molar-refractivity contribution in [2.24, 2.45) is 11.1 Å². The molecule has 1 aromatic rings. The number of rotatable bonds is 7. The standard InChI is InChI=1S/C15H18ClNO3S/c1-20-13(18)7-15(4-5-15)9-21-8-11-3-2-10(14(17)19)6-12(11)16/h2-3,6H,4-5,7-9H2,1H3,(H2,17,19). The van der Waals surface area contributed by atoms with Gasteiger partial charge < -0.3 is 10.5 Å². The molecule has 1 saturated carbocycles. The fourth-order valence-corrected chi connectivity index (χ4v) is 3.85. The van der Waals surface area contributed by atoms with E-state index in [9.17, 15) is 9.59 Å². The van der Waals surface area contributed by atoms with E-state index < -0.39 is 5.91 Å². The predicted octanol–water partition coefficient (Wildman–Crippen LogP) is 3.02. The molecule has 2 rings (SSSR count). The summed E-state index contributed by atoms with van der Waals surface area (Å²) in [6, 6.07) is 5.11. The van der Waals surface area contributed by atoms with Crippen LogP contribution >= 0.6 is 23.4 Å². The first-order valence-corrected chi connectivity index (χ1v) is 8.22. The molecule has 1 aromatic carbocycles. The van der Waals surface area contributed by atoms with Crippen LogP contribution in [0.4, 0.5) is 0 Å². The van der Waals surface area contributed by atoms with Gasteiger partial charge in [-0.3, -0.25) is 9.59 Å². The number of ether oxygens (including phenoxy) is 1. The van der Waals surface area contributed by atoms with E-state index in [0.29, 0.717) is 17.0 Å². The van der Waals surface area contributed by atoms with Crippen molar-refractivity contribution in [3.63, 3.8) is 0 Å². The van der Waals surface area contributed by atoms with Crippen molar-refractivity contribution in [1.29, 1.82) is 0 Å². The lowest BCUT2D eigenvalue weighted by atomic mass is 10.1. The lowest BCUT2D eigenvalue weighted by molar-refractivity contribution is -0.141. The molecule has 0 aromatic heterocycles. The van der Waals surface area contributed by atoms with E-state index in [1.165, 1.54) is 7.11 Å². The Balaban J connectivity index is 1.86. The Kier molecular flexibility index (Phi) is 5.17. The Morgan fingerprint density at radius 1 is 1.43 bits per heavy atom. The van der Waals surface area contributed by atoms with Crippen LogP contribution in [0.1, 0.15) is 35.2 Å². The molecule has 1 amide bonds. The van der Waals surface area contributed by atoms with Crippen LogP contribution in [0, 0.1) is 5.41 Å². The van der Waals surface area contributed by atoms with Gasteiger partial charge in [-0.25, -0.2) is 0 Å². The highest BCUT2D eigenvalue weighted by atomic mass is 35.5. The molecule has 0 aliphatic heterocycles. The summed E-state index contributed by atoms with van der Waals surface area (Å²) in [6.07, 6.45) is 2.64. The van der Waals surface area contributed by atoms with Crippen LogP contribution in [-0.2, 0) is 15.3 Å². The number of hydrogen-bond donors (Lipinski definition) is 1. The number of halogens is 1. The Hall–Kier alpha value is -1.20. The molecule has 6 heteroatoms. The predicted molar refractivity (Wildman–Crippen MR) is 84.4 cm³/mol.